The molecule has 1 aromatic heterocycles. The van der Waals surface area contributed by atoms with Crippen LogP contribution in [0.3, 0.4) is 0 Å². The van der Waals surface area contributed by atoms with Crippen LogP contribution in [0.15, 0.2) is 70.3 Å². The van der Waals surface area contributed by atoms with E-state index in [2.05, 4.69) is 53.7 Å². The molecule has 0 amide bonds. The fourth-order valence-corrected chi connectivity index (χ4v) is 4.00. The molecular weight excluding hydrogens is 400 g/mol. The topological polar surface area (TPSA) is 71.7 Å². The van der Waals surface area contributed by atoms with Crippen LogP contribution in [-0.4, -0.2) is 30.6 Å². The highest BCUT2D eigenvalue weighted by molar-refractivity contribution is 5.79. The summed E-state index contributed by atoms with van der Waals surface area (Å²) >= 11 is 0. The average Bonchev–Trinajstić information content (AvgIpc) is 3.31. The molecule has 2 N–H and O–H groups in total. The van der Waals surface area contributed by atoms with E-state index in [9.17, 15) is 0 Å². The summed E-state index contributed by atoms with van der Waals surface area (Å²) in [5.74, 6) is 1.80. The molecule has 3 aromatic rings. The van der Waals surface area contributed by atoms with Gasteiger partial charge in [0.15, 0.2) is 5.96 Å². The lowest BCUT2D eigenvalue weighted by molar-refractivity contribution is -0.0265. The number of aromatic nitrogens is 1. The maximum Gasteiger partial charge on any atom is 0.226 e. The molecule has 6 nitrogen and oxygen atoms in total. The van der Waals surface area contributed by atoms with Gasteiger partial charge in [-0.25, -0.2) is 9.98 Å². The van der Waals surface area contributed by atoms with Crippen LogP contribution in [-0.2, 0) is 11.3 Å². The molecular formula is C26H32N4O2. The molecule has 2 heterocycles. The number of guanidine groups is 1. The van der Waals surface area contributed by atoms with Crippen molar-refractivity contribution >= 4 is 5.96 Å². The minimum Gasteiger partial charge on any atom is -0.444 e. The van der Waals surface area contributed by atoms with E-state index in [-0.39, 0.29) is 6.10 Å². The van der Waals surface area contributed by atoms with Crippen LogP contribution in [0.5, 0.6) is 0 Å². The van der Waals surface area contributed by atoms with Crippen LogP contribution < -0.4 is 10.6 Å². The van der Waals surface area contributed by atoms with Crippen molar-refractivity contribution in [2.75, 3.05) is 19.7 Å². The third-order valence-corrected chi connectivity index (χ3v) is 5.70. The minimum absolute atomic E-state index is 0.115. The number of rotatable bonds is 7. The molecule has 0 bridgehead atoms. The van der Waals surface area contributed by atoms with Crippen LogP contribution in [0.2, 0.25) is 0 Å². The monoisotopic (exact) mass is 432 g/mol. The molecule has 4 rings (SSSR count). The van der Waals surface area contributed by atoms with E-state index in [0.29, 0.717) is 18.4 Å². The molecule has 32 heavy (non-hydrogen) atoms. The fraction of sp³-hybridized carbons (Fsp3) is 0.385. The predicted molar refractivity (Wildman–Crippen MR) is 127 cm³/mol. The van der Waals surface area contributed by atoms with Crippen molar-refractivity contribution in [3.05, 3.63) is 77.7 Å². The summed E-state index contributed by atoms with van der Waals surface area (Å²) in [7, 11) is 0. The van der Waals surface area contributed by atoms with Crippen LogP contribution in [0.1, 0.15) is 42.7 Å². The summed E-state index contributed by atoms with van der Waals surface area (Å²) in [5, 5.41) is 6.84. The third kappa shape index (κ3) is 5.77. The molecule has 2 unspecified atom stereocenters. The molecule has 1 aliphatic heterocycles. The number of ether oxygens (including phenoxy) is 1. The summed E-state index contributed by atoms with van der Waals surface area (Å²) < 4.78 is 11.8. The molecule has 2 atom stereocenters. The zero-order chi connectivity index (χ0) is 22.2. The van der Waals surface area contributed by atoms with Crippen molar-refractivity contribution < 1.29 is 9.15 Å². The Morgan fingerprint density at radius 3 is 2.69 bits per heavy atom. The van der Waals surface area contributed by atoms with Gasteiger partial charge in [-0.15, -0.1) is 0 Å². The molecule has 6 heteroatoms. The Balaban J connectivity index is 1.38. The summed E-state index contributed by atoms with van der Waals surface area (Å²) in [6.07, 6.45) is 4.01. The lowest BCUT2D eigenvalue weighted by Crippen LogP contribution is -2.42. The highest BCUT2D eigenvalue weighted by Gasteiger charge is 2.27. The van der Waals surface area contributed by atoms with Gasteiger partial charge in [0.25, 0.3) is 0 Å². The van der Waals surface area contributed by atoms with Gasteiger partial charge in [0.1, 0.15) is 12.0 Å². The van der Waals surface area contributed by atoms with Gasteiger partial charge in [-0.2, -0.15) is 0 Å². The summed E-state index contributed by atoms with van der Waals surface area (Å²) in [6.45, 7) is 7.05. The van der Waals surface area contributed by atoms with E-state index in [4.69, 9.17) is 14.1 Å². The first-order valence-corrected chi connectivity index (χ1v) is 11.4. The van der Waals surface area contributed by atoms with Crippen LogP contribution >= 0.6 is 0 Å². The standard InChI is InChI=1S/C26H32N4O2/c1-3-27-26(29-17-23-18-32-25(30-23)21-8-5-4-6-9-21)28-16-22-10-7-15-31-24(22)20-13-11-19(2)12-14-20/h4-6,8-9,11-14,18,22,24H,3,7,10,15-17H2,1-2H3,(H2,27,28,29). The first-order chi connectivity index (χ1) is 15.7. The lowest BCUT2D eigenvalue weighted by Gasteiger charge is -2.32. The summed E-state index contributed by atoms with van der Waals surface area (Å²) in [5.41, 5.74) is 4.29. The maximum absolute atomic E-state index is 6.16. The van der Waals surface area contributed by atoms with Crippen molar-refractivity contribution in [2.45, 2.75) is 39.3 Å². The largest absolute Gasteiger partial charge is 0.444 e. The van der Waals surface area contributed by atoms with Crippen molar-refractivity contribution in [1.82, 2.24) is 15.6 Å². The number of aryl methyl sites for hydroxylation is 1. The molecule has 1 fully saturated rings. The SMILES string of the molecule is CCNC(=NCc1coc(-c2ccccc2)n1)NCC1CCCOC1c1ccc(C)cc1. The van der Waals surface area contributed by atoms with Crippen molar-refractivity contribution in [2.24, 2.45) is 10.9 Å². The maximum atomic E-state index is 6.16. The highest BCUT2D eigenvalue weighted by atomic mass is 16.5. The Morgan fingerprint density at radius 1 is 1.09 bits per heavy atom. The Bertz CT molecular complexity index is 998. The molecule has 1 saturated heterocycles. The molecule has 0 aliphatic carbocycles. The van der Waals surface area contributed by atoms with E-state index < -0.39 is 0 Å². The second kappa shape index (κ2) is 11.0. The van der Waals surface area contributed by atoms with Gasteiger partial charge in [-0.05, 0) is 44.4 Å². The van der Waals surface area contributed by atoms with Crippen LogP contribution in [0, 0.1) is 12.8 Å². The lowest BCUT2D eigenvalue weighted by atomic mass is 9.89. The van der Waals surface area contributed by atoms with Gasteiger partial charge in [-0.3, -0.25) is 0 Å². The van der Waals surface area contributed by atoms with Crippen molar-refractivity contribution in [1.29, 1.82) is 0 Å². The van der Waals surface area contributed by atoms with Crippen LogP contribution in [0.4, 0.5) is 0 Å². The number of oxazole rings is 1. The average molecular weight is 433 g/mol. The second-order valence-corrected chi connectivity index (χ2v) is 8.19. The first kappa shape index (κ1) is 22.1. The highest BCUT2D eigenvalue weighted by Crippen LogP contribution is 2.33. The van der Waals surface area contributed by atoms with E-state index in [0.717, 1.165) is 49.8 Å². The molecule has 0 radical (unpaired) electrons. The van der Waals surface area contributed by atoms with Crippen LogP contribution in [0.25, 0.3) is 11.5 Å². The first-order valence-electron chi connectivity index (χ1n) is 11.4. The molecule has 2 aromatic carbocycles. The Kier molecular flexibility index (Phi) is 7.56. The number of nitrogens with zero attached hydrogens (tertiary/aromatic N) is 2. The summed E-state index contributed by atoms with van der Waals surface area (Å²) in [6, 6.07) is 18.6. The van der Waals surface area contributed by atoms with E-state index in [1.54, 1.807) is 6.26 Å². The fourth-order valence-electron chi connectivity index (χ4n) is 4.00. The zero-order valence-corrected chi connectivity index (χ0v) is 18.9. The molecule has 0 saturated carbocycles. The number of benzene rings is 2. The van der Waals surface area contributed by atoms with Gasteiger partial charge in [0.2, 0.25) is 5.89 Å². The van der Waals surface area contributed by atoms with Gasteiger partial charge in [0, 0.05) is 31.2 Å². The molecule has 1 aliphatic rings. The number of aliphatic imine (C=N–C) groups is 1. The number of nitrogens with one attached hydrogen (secondary N) is 2. The Morgan fingerprint density at radius 2 is 1.91 bits per heavy atom. The van der Waals surface area contributed by atoms with Gasteiger partial charge in [-0.1, -0.05) is 48.0 Å². The summed E-state index contributed by atoms with van der Waals surface area (Å²) in [4.78, 5) is 9.29. The van der Waals surface area contributed by atoms with Gasteiger partial charge >= 0.3 is 0 Å². The van der Waals surface area contributed by atoms with E-state index in [1.165, 1.54) is 11.1 Å². The number of hydrogen-bond donors (Lipinski definition) is 2. The second-order valence-electron chi connectivity index (χ2n) is 8.19. The van der Waals surface area contributed by atoms with Crippen molar-refractivity contribution in [3.8, 4) is 11.5 Å². The normalized spacial score (nSPS) is 19.0. The zero-order valence-electron chi connectivity index (χ0n) is 18.9. The molecule has 168 valence electrons. The third-order valence-electron chi connectivity index (χ3n) is 5.70. The van der Waals surface area contributed by atoms with Gasteiger partial charge in [0.05, 0.1) is 12.6 Å². The quantitative estimate of drug-likeness (QED) is 0.412. The number of hydrogen-bond acceptors (Lipinski definition) is 4. The molecule has 0 spiro atoms. The van der Waals surface area contributed by atoms with Gasteiger partial charge < -0.3 is 19.8 Å². The van der Waals surface area contributed by atoms with E-state index >= 15 is 0 Å². The van der Waals surface area contributed by atoms with E-state index in [1.807, 2.05) is 30.3 Å². The smallest absolute Gasteiger partial charge is 0.226 e. The predicted octanol–water partition coefficient (Wildman–Crippen LogP) is 4.87. The Labute approximate surface area is 190 Å². The minimum atomic E-state index is 0.115. The Hall–Kier alpha value is -3.12. The van der Waals surface area contributed by atoms with Crippen molar-refractivity contribution in [3.63, 3.8) is 0 Å².